The maximum atomic E-state index is 13.6. The number of anilines is 1. The van der Waals surface area contributed by atoms with Gasteiger partial charge in [-0.2, -0.15) is 0 Å². The summed E-state index contributed by atoms with van der Waals surface area (Å²) >= 11 is 14.3. The molecular weight excluding hydrogens is 498 g/mol. The third kappa shape index (κ3) is 5.57. The Kier molecular flexibility index (Phi) is 7.73. The maximum absolute atomic E-state index is 13.6. The molecule has 3 aromatic rings. The Morgan fingerprint density at radius 3 is 2.66 bits per heavy atom. The van der Waals surface area contributed by atoms with Crippen molar-refractivity contribution in [2.24, 2.45) is 0 Å². The summed E-state index contributed by atoms with van der Waals surface area (Å²) in [5.41, 5.74) is -0.847. The van der Waals surface area contributed by atoms with E-state index in [2.05, 4.69) is 21.6 Å². The Hall–Kier alpha value is -2.66. The van der Waals surface area contributed by atoms with Gasteiger partial charge in [-0.25, -0.2) is 18.5 Å². The van der Waals surface area contributed by atoms with Gasteiger partial charge in [-0.05, 0) is 55.3 Å². The van der Waals surface area contributed by atoms with Gasteiger partial charge in [-0.3, -0.25) is 9.52 Å². The van der Waals surface area contributed by atoms with Crippen LogP contribution >= 0.6 is 46.9 Å². The van der Waals surface area contributed by atoms with E-state index < -0.39 is 23.1 Å². The van der Waals surface area contributed by atoms with Crippen molar-refractivity contribution in [1.29, 1.82) is 0 Å². The number of thioether (sulfide) groups is 1. The zero-order valence-electron chi connectivity index (χ0n) is 16.4. The van der Waals surface area contributed by atoms with Crippen LogP contribution < -0.4 is 21.3 Å². The molecule has 0 spiro atoms. The molecule has 0 saturated heterocycles. The number of hydrogen-bond donors (Lipinski definition) is 3. The highest BCUT2D eigenvalue weighted by molar-refractivity contribution is 8.24. The van der Waals surface area contributed by atoms with E-state index in [1.54, 1.807) is 13.0 Å². The van der Waals surface area contributed by atoms with Gasteiger partial charge in [0, 0.05) is 5.69 Å². The summed E-state index contributed by atoms with van der Waals surface area (Å²) < 4.78 is 18.0. The molecule has 0 unspecified atom stereocenters. The number of amides is 2. The van der Waals surface area contributed by atoms with Gasteiger partial charge in [0.15, 0.2) is 0 Å². The van der Waals surface area contributed by atoms with Crippen LogP contribution in [-0.4, -0.2) is 15.6 Å². The molecule has 0 aliphatic carbocycles. The molecule has 0 aliphatic heterocycles. The number of benzene rings is 2. The van der Waals surface area contributed by atoms with Crippen LogP contribution in [0, 0.1) is 5.82 Å². The molecule has 0 atom stereocenters. The normalized spacial score (nSPS) is 11.4. The number of aromatic nitrogens is 2. The standard InChI is InChI=1S/C20H15Cl2FN4O3S2/c1-3-17(31-10(2)21)32-26-19(29)24-12-5-7-16(14(22)9-12)27-18(28)13-8-11(23)4-6-15(13)25-20(27)30/h3-9H,2H2,1H3,(H,25,30)(H2,24,26,29)/b17-3+. The van der Waals surface area contributed by atoms with Crippen molar-refractivity contribution < 1.29 is 9.18 Å². The fraction of sp³-hybridized carbons (Fsp3) is 0.0500. The van der Waals surface area contributed by atoms with E-state index in [1.807, 2.05) is 0 Å². The van der Waals surface area contributed by atoms with Crippen LogP contribution in [0.4, 0.5) is 14.9 Å². The average molecular weight is 513 g/mol. The predicted octanol–water partition coefficient (Wildman–Crippen LogP) is 5.55. The molecule has 3 N–H and O–H groups in total. The molecule has 166 valence electrons. The van der Waals surface area contributed by atoms with Gasteiger partial charge in [-0.1, -0.05) is 47.6 Å². The number of carbonyl (C=O) groups excluding carboxylic acids is 1. The van der Waals surface area contributed by atoms with Crippen molar-refractivity contribution in [3.63, 3.8) is 0 Å². The Labute approximate surface area is 199 Å². The summed E-state index contributed by atoms with van der Waals surface area (Å²) in [7, 11) is 0. The molecule has 1 aromatic heterocycles. The number of hydrogen-bond acceptors (Lipinski definition) is 5. The predicted molar refractivity (Wildman–Crippen MR) is 131 cm³/mol. The first kappa shape index (κ1) is 24.0. The topological polar surface area (TPSA) is 96.0 Å². The van der Waals surface area contributed by atoms with Gasteiger partial charge in [0.25, 0.3) is 5.56 Å². The molecule has 0 saturated carbocycles. The van der Waals surface area contributed by atoms with Crippen LogP contribution in [0.15, 0.2) is 67.2 Å². The van der Waals surface area contributed by atoms with Gasteiger partial charge < -0.3 is 10.3 Å². The second-order valence-corrected chi connectivity index (χ2v) is 9.48. The van der Waals surface area contributed by atoms with Gasteiger partial charge in [0.2, 0.25) is 0 Å². The maximum Gasteiger partial charge on any atom is 0.333 e. The second kappa shape index (κ2) is 10.3. The number of aromatic amines is 1. The quantitative estimate of drug-likeness (QED) is 0.376. The summed E-state index contributed by atoms with van der Waals surface area (Å²) in [5, 5.41) is 2.62. The van der Waals surface area contributed by atoms with Crippen LogP contribution in [0.1, 0.15) is 6.92 Å². The first-order valence-electron chi connectivity index (χ1n) is 8.86. The van der Waals surface area contributed by atoms with E-state index >= 15 is 0 Å². The summed E-state index contributed by atoms with van der Waals surface area (Å²) in [6.45, 7) is 5.37. The van der Waals surface area contributed by atoms with E-state index in [9.17, 15) is 18.8 Å². The number of rotatable bonds is 6. The molecule has 0 radical (unpaired) electrons. The lowest BCUT2D eigenvalue weighted by Gasteiger charge is -2.12. The van der Waals surface area contributed by atoms with E-state index in [0.29, 0.717) is 10.1 Å². The molecule has 32 heavy (non-hydrogen) atoms. The van der Waals surface area contributed by atoms with Crippen LogP contribution in [0.25, 0.3) is 16.6 Å². The highest BCUT2D eigenvalue weighted by Gasteiger charge is 2.14. The zero-order valence-corrected chi connectivity index (χ0v) is 19.5. The Bertz CT molecular complexity index is 1370. The van der Waals surface area contributed by atoms with E-state index in [4.69, 9.17) is 23.2 Å². The molecule has 0 fully saturated rings. The third-order valence-electron chi connectivity index (χ3n) is 4.00. The van der Waals surface area contributed by atoms with Crippen LogP contribution in [0.5, 0.6) is 0 Å². The fourth-order valence-corrected chi connectivity index (χ4v) is 4.62. The largest absolute Gasteiger partial charge is 0.333 e. The monoisotopic (exact) mass is 512 g/mol. The molecule has 3 rings (SSSR count). The number of carbonyl (C=O) groups is 1. The highest BCUT2D eigenvalue weighted by Crippen LogP contribution is 2.33. The van der Waals surface area contributed by atoms with Crippen LogP contribution in [-0.2, 0) is 0 Å². The molecule has 2 aromatic carbocycles. The number of halogens is 3. The fourth-order valence-electron chi connectivity index (χ4n) is 2.67. The number of nitrogens with one attached hydrogen (secondary N) is 3. The van der Waals surface area contributed by atoms with Crippen LogP contribution in [0.2, 0.25) is 5.02 Å². The van der Waals surface area contributed by atoms with E-state index in [0.717, 1.165) is 32.9 Å². The minimum absolute atomic E-state index is 0.00319. The molecule has 12 heteroatoms. The molecule has 2 amide bonds. The first-order valence-corrected chi connectivity index (χ1v) is 11.3. The number of H-pyrrole nitrogens is 1. The lowest BCUT2D eigenvalue weighted by Crippen LogP contribution is -2.33. The second-order valence-electron chi connectivity index (χ2n) is 6.15. The van der Waals surface area contributed by atoms with Crippen molar-refractivity contribution in [1.82, 2.24) is 14.3 Å². The average Bonchev–Trinajstić information content (AvgIpc) is 2.73. The van der Waals surface area contributed by atoms with Gasteiger partial charge in [0.1, 0.15) is 5.82 Å². The molecule has 7 nitrogen and oxygen atoms in total. The van der Waals surface area contributed by atoms with Gasteiger partial charge in [-0.15, -0.1) is 0 Å². The van der Waals surface area contributed by atoms with Crippen molar-refractivity contribution in [2.75, 3.05) is 5.32 Å². The third-order valence-corrected chi connectivity index (χ3v) is 6.41. The Morgan fingerprint density at radius 1 is 1.25 bits per heavy atom. The molecule has 1 heterocycles. The number of fused-ring (bicyclic) bond motifs is 1. The summed E-state index contributed by atoms with van der Waals surface area (Å²) in [4.78, 5) is 39.9. The number of nitrogens with zero attached hydrogens (tertiary/aromatic N) is 1. The smallest absolute Gasteiger partial charge is 0.307 e. The Balaban J connectivity index is 1.83. The van der Waals surface area contributed by atoms with Gasteiger partial charge in [0.05, 0.1) is 30.2 Å². The lowest BCUT2D eigenvalue weighted by atomic mass is 10.2. The van der Waals surface area contributed by atoms with E-state index in [1.165, 1.54) is 36.0 Å². The first-order chi connectivity index (χ1) is 15.2. The minimum atomic E-state index is -0.733. The zero-order chi connectivity index (χ0) is 23.4. The molecular formula is C20H15Cl2FN4O3S2. The van der Waals surface area contributed by atoms with Crippen molar-refractivity contribution in [2.45, 2.75) is 6.92 Å². The minimum Gasteiger partial charge on any atom is -0.307 e. The van der Waals surface area contributed by atoms with Crippen molar-refractivity contribution in [3.8, 4) is 5.69 Å². The lowest BCUT2D eigenvalue weighted by molar-refractivity contribution is 0.257. The number of urea groups is 1. The summed E-state index contributed by atoms with van der Waals surface area (Å²) in [6.07, 6.45) is 1.76. The van der Waals surface area contributed by atoms with Crippen molar-refractivity contribution in [3.05, 3.63) is 89.3 Å². The van der Waals surface area contributed by atoms with Gasteiger partial charge >= 0.3 is 11.7 Å². The molecule has 0 bridgehead atoms. The SMILES string of the molecule is C=C(Cl)S/C(=C\C)SNC(=O)Nc1ccc(-n2c(=O)[nH]c3ccc(F)cc3c2=O)c(Cl)c1. The van der Waals surface area contributed by atoms with E-state index in [-0.39, 0.29) is 21.6 Å². The number of allylic oxidation sites excluding steroid dienone is 1. The van der Waals surface area contributed by atoms with Crippen LogP contribution in [0.3, 0.4) is 0 Å². The molecule has 0 aliphatic rings. The summed E-state index contributed by atoms with van der Waals surface area (Å²) in [6, 6.07) is 7.21. The van der Waals surface area contributed by atoms with Crippen molar-refractivity contribution >= 4 is 69.5 Å². The Morgan fingerprint density at radius 2 is 2.00 bits per heavy atom. The highest BCUT2D eigenvalue weighted by atomic mass is 35.5. The summed E-state index contributed by atoms with van der Waals surface area (Å²) in [5.74, 6) is -0.613.